The van der Waals surface area contributed by atoms with Crippen LogP contribution in [0.3, 0.4) is 0 Å². The zero-order chi connectivity index (χ0) is 17.6. The number of carbonyl (C=O) groups is 2. The lowest BCUT2D eigenvalue weighted by Crippen LogP contribution is -2.49. The first-order valence-electron chi connectivity index (χ1n) is 7.98. The third kappa shape index (κ3) is 3.85. The van der Waals surface area contributed by atoms with Crippen LogP contribution in [0.15, 0.2) is 47.9 Å². The molecule has 0 saturated carbocycles. The molecule has 1 aliphatic rings. The topological polar surface area (TPSA) is 91.6 Å². The number of furan rings is 1. The molecule has 0 spiro atoms. The van der Waals surface area contributed by atoms with Crippen LogP contribution in [0.5, 0.6) is 0 Å². The van der Waals surface area contributed by atoms with Crippen LogP contribution in [-0.4, -0.2) is 59.4 Å². The highest BCUT2D eigenvalue weighted by Gasteiger charge is 2.24. The van der Waals surface area contributed by atoms with E-state index in [9.17, 15) is 9.59 Å². The summed E-state index contributed by atoms with van der Waals surface area (Å²) in [6.45, 7) is 6.36. The van der Waals surface area contributed by atoms with Crippen molar-refractivity contribution >= 4 is 17.6 Å². The molecular weight excluding hydrogens is 322 g/mol. The van der Waals surface area contributed by atoms with Gasteiger partial charge in [0, 0.05) is 32.7 Å². The standard InChI is InChI=1S/C17H19N5O3/c1-2-5-18-16(23)13-11-20-15(12-19-13)21-6-8-22(9-7-21)17(24)14-4-3-10-25-14/h2-4,10-12H,1,5-9H2,(H,18,23). The lowest BCUT2D eigenvalue weighted by molar-refractivity contribution is 0.0714. The molecule has 0 bridgehead atoms. The van der Waals surface area contributed by atoms with Crippen molar-refractivity contribution in [2.75, 3.05) is 37.6 Å². The van der Waals surface area contributed by atoms with E-state index in [2.05, 4.69) is 21.9 Å². The highest BCUT2D eigenvalue weighted by Crippen LogP contribution is 2.14. The van der Waals surface area contributed by atoms with Gasteiger partial charge in [-0.2, -0.15) is 0 Å². The molecule has 130 valence electrons. The van der Waals surface area contributed by atoms with Gasteiger partial charge in [-0.25, -0.2) is 9.97 Å². The van der Waals surface area contributed by atoms with Gasteiger partial charge in [-0.1, -0.05) is 6.08 Å². The van der Waals surface area contributed by atoms with Crippen LogP contribution < -0.4 is 10.2 Å². The van der Waals surface area contributed by atoms with Crippen LogP contribution in [0.1, 0.15) is 21.0 Å². The maximum absolute atomic E-state index is 12.2. The SMILES string of the molecule is C=CCNC(=O)c1cnc(N2CCN(C(=O)c3ccco3)CC2)cn1. The predicted molar refractivity (Wildman–Crippen MR) is 91.4 cm³/mol. The smallest absolute Gasteiger partial charge is 0.289 e. The Labute approximate surface area is 145 Å². The molecule has 3 rings (SSSR count). The number of rotatable bonds is 5. The van der Waals surface area contributed by atoms with Crippen molar-refractivity contribution < 1.29 is 14.0 Å². The van der Waals surface area contributed by atoms with Crippen molar-refractivity contribution in [2.45, 2.75) is 0 Å². The number of anilines is 1. The summed E-state index contributed by atoms with van der Waals surface area (Å²) >= 11 is 0. The predicted octanol–water partition coefficient (Wildman–Crippen LogP) is 0.948. The second-order valence-electron chi connectivity index (χ2n) is 5.52. The summed E-state index contributed by atoms with van der Waals surface area (Å²) < 4.78 is 5.15. The molecule has 0 unspecified atom stereocenters. The van der Waals surface area contributed by atoms with E-state index in [1.807, 2.05) is 4.90 Å². The number of amides is 2. The summed E-state index contributed by atoms with van der Waals surface area (Å²) in [6, 6.07) is 3.36. The van der Waals surface area contributed by atoms with Gasteiger partial charge in [-0.05, 0) is 12.1 Å². The Bertz CT molecular complexity index is 734. The zero-order valence-corrected chi connectivity index (χ0v) is 13.7. The van der Waals surface area contributed by atoms with E-state index < -0.39 is 0 Å². The Kier molecular flexibility index (Phi) is 5.08. The minimum Gasteiger partial charge on any atom is -0.459 e. The molecule has 3 heterocycles. The fraction of sp³-hybridized carbons (Fsp3) is 0.294. The second kappa shape index (κ2) is 7.61. The Balaban J connectivity index is 1.57. The van der Waals surface area contributed by atoms with Gasteiger partial charge in [-0.15, -0.1) is 6.58 Å². The number of nitrogens with zero attached hydrogens (tertiary/aromatic N) is 4. The van der Waals surface area contributed by atoms with Crippen LogP contribution in [0, 0.1) is 0 Å². The molecule has 2 aromatic rings. The van der Waals surface area contributed by atoms with Crippen LogP contribution >= 0.6 is 0 Å². The molecule has 1 fully saturated rings. The third-order valence-corrected chi connectivity index (χ3v) is 3.90. The van der Waals surface area contributed by atoms with Crippen LogP contribution in [0.4, 0.5) is 5.82 Å². The highest BCUT2D eigenvalue weighted by atomic mass is 16.3. The molecule has 8 nitrogen and oxygen atoms in total. The van der Waals surface area contributed by atoms with Gasteiger partial charge in [0.1, 0.15) is 11.5 Å². The third-order valence-electron chi connectivity index (χ3n) is 3.90. The largest absolute Gasteiger partial charge is 0.459 e. The fourth-order valence-corrected chi connectivity index (χ4v) is 2.55. The van der Waals surface area contributed by atoms with Crippen molar-refractivity contribution in [3.63, 3.8) is 0 Å². The molecule has 1 N–H and O–H groups in total. The van der Waals surface area contributed by atoms with Crippen LogP contribution in [0.2, 0.25) is 0 Å². The normalized spacial score (nSPS) is 14.2. The molecule has 0 aliphatic carbocycles. The molecule has 25 heavy (non-hydrogen) atoms. The lowest BCUT2D eigenvalue weighted by Gasteiger charge is -2.34. The van der Waals surface area contributed by atoms with E-state index in [0.29, 0.717) is 44.3 Å². The van der Waals surface area contributed by atoms with Gasteiger partial charge in [0.15, 0.2) is 5.76 Å². The number of aromatic nitrogens is 2. The number of nitrogens with one attached hydrogen (secondary N) is 1. The maximum Gasteiger partial charge on any atom is 0.289 e. The zero-order valence-electron chi connectivity index (χ0n) is 13.7. The van der Waals surface area contributed by atoms with Crippen molar-refractivity contribution in [1.82, 2.24) is 20.2 Å². The Hall–Kier alpha value is -3.16. The molecule has 8 heteroatoms. The molecule has 0 aromatic carbocycles. The summed E-state index contributed by atoms with van der Waals surface area (Å²) in [4.78, 5) is 36.3. The molecule has 1 saturated heterocycles. The fourth-order valence-electron chi connectivity index (χ4n) is 2.55. The lowest BCUT2D eigenvalue weighted by atomic mass is 10.3. The summed E-state index contributed by atoms with van der Waals surface area (Å²) in [5, 5.41) is 2.65. The van der Waals surface area contributed by atoms with Gasteiger partial charge < -0.3 is 19.5 Å². The number of carbonyl (C=O) groups excluding carboxylic acids is 2. The number of hydrogen-bond donors (Lipinski definition) is 1. The Morgan fingerprint density at radius 2 is 2.04 bits per heavy atom. The Morgan fingerprint density at radius 3 is 2.64 bits per heavy atom. The van der Waals surface area contributed by atoms with Gasteiger partial charge in [-0.3, -0.25) is 9.59 Å². The van der Waals surface area contributed by atoms with E-state index in [1.165, 1.54) is 12.5 Å². The van der Waals surface area contributed by atoms with Gasteiger partial charge >= 0.3 is 0 Å². The quantitative estimate of drug-likeness (QED) is 0.814. The highest BCUT2D eigenvalue weighted by molar-refractivity contribution is 5.92. The van der Waals surface area contributed by atoms with Gasteiger partial charge in [0.05, 0.1) is 18.7 Å². The van der Waals surface area contributed by atoms with E-state index in [4.69, 9.17) is 4.42 Å². The molecular formula is C17H19N5O3. The molecule has 2 amide bonds. The summed E-state index contributed by atoms with van der Waals surface area (Å²) in [5.74, 6) is 0.645. The maximum atomic E-state index is 12.2. The van der Waals surface area contributed by atoms with E-state index in [-0.39, 0.29) is 17.5 Å². The second-order valence-corrected chi connectivity index (χ2v) is 5.52. The molecule has 0 atom stereocenters. The average Bonchev–Trinajstić information content (AvgIpc) is 3.20. The van der Waals surface area contributed by atoms with Crippen molar-refractivity contribution in [2.24, 2.45) is 0 Å². The van der Waals surface area contributed by atoms with Crippen molar-refractivity contribution in [3.05, 3.63) is 54.9 Å². The first-order chi connectivity index (χ1) is 12.2. The van der Waals surface area contributed by atoms with Crippen LogP contribution in [0.25, 0.3) is 0 Å². The van der Waals surface area contributed by atoms with E-state index >= 15 is 0 Å². The first kappa shape index (κ1) is 16.7. The Morgan fingerprint density at radius 1 is 1.24 bits per heavy atom. The first-order valence-corrected chi connectivity index (χ1v) is 7.98. The molecule has 2 aromatic heterocycles. The summed E-state index contributed by atoms with van der Waals surface area (Å²) in [5.41, 5.74) is 0.261. The monoisotopic (exact) mass is 341 g/mol. The van der Waals surface area contributed by atoms with E-state index in [0.717, 1.165) is 0 Å². The summed E-state index contributed by atoms with van der Waals surface area (Å²) in [6.07, 6.45) is 6.12. The number of piperazine rings is 1. The molecule has 0 radical (unpaired) electrons. The minimum absolute atomic E-state index is 0.107. The molecule has 1 aliphatic heterocycles. The van der Waals surface area contributed by atoms with Crippen molar-refractivity contribution in [1.29, 1.82) is 0 Å². The minimum atomic E-state index is -0.284. The van der Waals surface area contributed by atoms with E-state index in [1.54, 1.807) is 29.3 Å². The average molecular weight is 341 g/mol. The summed E-state index contributed by atoms with van der Waals surface area (Å²) in [7, 11) is 0. The van der Waals surface area contributed by atoms with Gasteiger partial charge in [0.2, 0.25) is 0 Å². The van der Waals surface area contributed by atoms with Gasteiger partial charge in [0.25, 0.3) is 11.8 Å². The number of hydrogen-bond acceptors (Lipinski definition) is 6. The van der Waals surface area contributed by atoms with Crippen molar-refractivity contribution in [3.8, 4) is 0 Å². The van der Waals surface area contributed by atoms with Crippen LogP contribution in [-0.2, 0) is 0 Å².